The molecule has 3 heteroatoms. The molecule has 0 saturated heterocycles. The van der Waals surface area contributed by atoms with Gasteiger partial charge < -0.3 is 10.1 Å². The molecule has 0 aromatic heterocycles. The van der Waals surface area contributed by atoms with Crippen molar-refractivity contribution in [2.24, 2.45) is 0 Å². The van der Waals surface area contributed by atoms with Crippen LogP contribution in [0.4, 0.5) is 0 Å². The molecule has 14 heavy (non-hydrogen) atoms. The fourth-order valence-corrected chi connectivity index (χ4v) is 1.51. The van der Waals surface area contributed by atoms with Crippen molar-refractivity contribution in [3.63, 3.8) is 0 Å². The fourth-order valence-electron chi connectivity index (χ4n) is 1.12. The molecule has 0 aliphatic rings. The van der Waals surface area contributed by atoms with Crippen LogP contribution in [0.1, 0.15) is 5.56 Å². The minimum Gasteiger partial charge on any atom is -0.490 e. The number of ether oxygens (including phenoxy) is 1. The van der Waals surface area contributed by atoms with Crippen LogP contribution in [0.25, 0.3) is 0 Å². The molecule has 0 aliphatic carbocycles. The lowest BCUT2D eigenvalue weighted by Crippen LogP contribution is -2.06. The van der Waals surface area contributed by atoms with Gasteiger partial charge in [0.05, 0.1) is 0 Å². The van der Waals surface area contributed by atoms with Gasteiger partial charge in [0.2, 0.25) is 0 Å². The first kappa shape index (κ1) is 11.3. The molecule has 0 atom stereocenters. The fraction of sp³-hybridized carbons (Fsp3) is 0.273. The largest absolute Gasteiger partial charge is 0.490 e. The molecule has 0 unspecified atom stereocenters. The first-order valence-corrected chi connectivity index (χ1v) is 5.24. The van der Waals surface area contributed by atoms with E-state index in [2.05, 4.69) is 27.8 Å². The van der Waals surface area contributed by atoms with Crippen molar-refractivity contribution in [2.75, 3.05) is 13.7 Å². The molecule has 0 bridgehead atoms. The first-order chi connectivity index (χ1) is 6.77. The van der Waals surface area contributed by atoms with Gasteiger partial charge in [-0.15, -0.1) is 0 Å². The Morgan fingerprint density at radius 1 is 1.57 bits per heavy atom. The van der Waals surface area contributed by atoms with Crippen molar-refractivity contribution in [3.05, 3.63) is 40.9 Å². The van der Waals surface area contributed by atoms with Crippen molar-refractivity contribution in [1.82, 2.24) is 5.32 Å². The third-order valence-corrected chi connectivity index (χ3v) is 2.53. The van der Waals surface area contributed by atoms with Crippen LogP contribution in [0.3, 0.4) is 0 Å². The van der Waals surface area contributed by atoms with Gasteiger partial charge in [-0.3, -0.25) is 0 Å². The Morgan fingerprint density at radius 3 is 3.00 bits per heavy atom. The molecule has 0 radical (unpaired) electrons. The molecule has 0 saturated carbocycles. The summed E-state index contributed by atoms with van der Waals surface area (Å²) in [6, 6.07) is 5.95. The minimum absolute atomic E-state index is 0.542. The predicted molar refractivity (Wildman–Crippen MR) is 62.6 cm³/mol. The molecule has 0 heterocycles. The van der Waals surface area contributed by atoms with Crippen LogP contribution >= 0.6 is 15.9 Å². The summed E-state index contributed by atoms with van der Waals surface area (Å²) in [4.78, 5) is 0. The van der Waals surface area contributed by atoms with E-state index in [4.69, 9.17) is 4.74 Å². The lowest BCUT2D eigenvalue weighted by atomic mass is 10.2. The van der Waals surface area contributed by atoms with Crippen LogP contribution in [0.15, 0.2) is 35.3 Å². The second-order valence-corrected chi connectivity index (χ2v) is 3.74. The van der Waals surface area contributed by atoms with Gasteiger partial charge in [-0.1, -0.05) is 28.6 Å². The van der Waals surface area contributed by atoms with E-state index in [0.29, 0.717) is 6.61 Å². The zero-order valence-electron chi connectivity index (χ0n) is 8.22. The van der Waals surface area contributed by atoms with Gasteiger partial charge in [-0.25, -0.2) is 0 Å². The summed E-state index contributed by atoms with van der Waals surface area (Å²) in [5.74, 6) is 0.873. The summed E-state index contributed by atoms with van der Waals surface area (Å²) in [5, 5.41) is 3.10. The highest BCUT2D eigenvalue weighted by Crippen LogP contribution is 2.22. The van der Waals surface area contributed by atoms with Crippen molar-refractivity contribution >= 4 is 15.9 Å². The van der Waals surface area contributed by atoms with Gasteiger partial charge in [0, 0.05) is 11.0 Å². The van der Waals surface area contributed by atoms with Gasteiger partial charge in [-0.05, 0) is 30.8 Å². The molecule has 1 aromatic carbocycles. The molecule has 1 rings (SSSR count). The molecule has 0 fully saturated rings. The summed E-state index contributed by atoms with van der Waals surface area (Å²) in [6.07, 6.45) is 1.74. The van der Waals surface area contributed by atoms with Gasteiger partial charge >= 0.3 is 0 Å². The van der Waals surface area contributed by atoms with Crippen molar-refractivity contribution < 1.29 is 4.74 Å². The molecule has 76 valence electrons. The summed E-state index contributed by atoms with van der Waals surface area (Å²) >= 11 is 3.48. The topological polar surface area (TPSA) is 21.3 Å². The normalized spacial score (nSPS) is 9.86. The van der Waals surface area contributed by atoms with E-state index in [-0.39, 0.29) is 0 Å². The summed E-state index contributed by atoms with van der Waals surface area (Å²) in [7, 11) is 1.92. The van der Waals surface area contributed by atoms with Crippen molar-refractivity contribution in [1.29, 1.82) is 0 Å². The van der Waals surface area contributed by atoms with E-state index in [9.17, 15) is 0 Å². The average molecular weight is 256 g/mol. The Hall–Kier alpha value is -0.800. The Kier molecular flexibility index (Phi) is 4.70. The van der Waals surface area contributed by atoms with E-state index in [1.807, 2.05) is 25.2 Å². The van der Waals surface area contributed by atoms with E-state index < -0.39 is 0 Å². The smallest absolute Gasteiger partial charge is 0.120 e. The van der Waals surface area contributed by atoms with Crippen molar-refractivity contribution in [2.45, 2.75) is 6.54 Å². The second kappa shape index (κ2) is 5.83. The maximum absolute atomic E-state index is 5.43. The molecule has 1 N–H and O–H groups in total. The van der Waals surface area contributed by atoms with Crippen LogP contribution < -0.4 is 10.1 Å². The van der Waals surface area contributed by atoms with Crippen LogP contribution in [-0.2, 0) is 6.54 Å². The average Bonchev–Trinajstić information content (AvgIpc) is 2.19. The van der Waals surface area contributed by atoms with E-state index in [1.165, 1.54) is 5.56 Å². The minimum atomic E-state index is 0.542. The predicted octanol–water partition coefficient (Wildman–Crippen LogP) is 2.73. The third kappa shape index (κ3) is 3.16. The number of hydrogen-bond acceptors (Lipinski definition) is 2. The van der Waals surface area contributed by atoms with E-state index in [0.717, 1.165) is 16.8 Å². The van der Waals surface area contributed by atoms with Gasteiger partial charge in [0.15, 0.2) is 0 Å². The van der Waals surface area contributed by atoms with Gasteiger partial charge in [0.1, 0.15) is 12.4 Å². The van der Waals surface area contributed by atoms with Gasteiger partial charge in [-0.2, -0.15) is 0 Å². The zero-order chi connectivity index (χ0) is 10.4. The van der Waals surface area contributed by atoms with Crippen LogP contribution in [0, 0.1) is 0 Å². The Balaban J connectivity index is 2.77. The number of benzene rings is 1. The van der Waals surface area contributed by atoms with E-state index in [1.54, 1.807) is 6.08 Å². The molecular weight excluding hydrogens is 242 g/mol. The quantitative estimate of drug-likeness (QED) is 0.818. The Bertz CT molecular complexity index is 312. The summed E-state index contributed by atoms with van der Waals surface area (Å²) in [5.41, 5.74) is 1.19. The molecule has 0 spiro atoms. The molecule has 0 amide bonds. The lowest BCUT2D eigenvalue weighted by molar-refractivity contribution is 0.362. The van der Waals surface area contributed by atoms with Gasteiger partial charge in [0.25, 0.3) is 0 Å². The summed E-state index contributed by atoms with van der Waals surface area (Å²) in [6.45, 7) is 4.97. The number of nitrogens with one attached hydrogen (secondary N) is 1. The zero-order valence-corrected chi connectivity index (χ0v) is 9.80. The molecule has 1 aromatic rings. The van der Waals surface area contributed by atoms with Crippen LogP contribution in [0.2, 0.25) is 0 Å². The number of hydrogen-bond donors (Lipinski definition) is 1. The highest BCUT2D eigenvalue weighted by atomic mass is 79.9. The monoisotopic (exact) mass is 255 g/mol. The first-order valence-electron chi connectivity index (χ1n) is 4.44. The highest BCUT2D eigenvalue weighted by molar-refractivity contribution is 9.10. The SMILES string of the molecule is C=CCOc1ccc(Br)c(CNC)c1. The second-order valence-electron chi connectivity index (χ2n) is 2.88. The van der Waals surface area contributed by atoms with E-state index >= 15 is 0 Å². The molecular formula is C11H14BrNO. The number of rotatable bonds is 5. The molecule has 2 nitrogen and oxygen atoms in total. The standard InChI is InChI=1S/C11H14BrNO/c1-3-6-14-10-4-5-11(12)9(7-10)8-13-2/h3-5,7,13H,1,6,8H2,2H3. The van der Waals surface area contributed by atoms with Crippen molar-refractivity contribution in [3.8, 4) is 5.75 Å². The lowest BCUT2D eigenvalue weighted by Gasteiger charge is -2.07. The van der Waals surface area contributed by atoms with Crippen LogP contribution in [0.5, 0.6) is 5.75 Å². The third-order valence-electron chi connectivity index (χ3n) is 1.75. The maximum atomic E-state index is 5.43. The summed E-state index contributed by atoms with van der Waals surface area (Å²) < 4.78 is 6.53. The Morgan fingerprint density at radius 2 is 2.36 bits per heavy atom. The van der Waals surface area contributed by atoms with Crippen LogP contribution in [-0.4, -0.2) is 13.7 Å². The highest BCUT2D eigenvalue weighted by Gasteiger charge is 2.00. The number of halogens is 1. The Labute approximate surface area is 93.1 Å². The molecule has 0 aliphatic heterocycles. The maximum Gasteiger partial charge on any atom is 0.120 e.